The summed E-state index contributed by atoms with van der Waals surface area (Å²) in [6, 6.07) is 103. The fraction of sp³-hybridized carbons (Fsp3) is 0.119. The Hall–Kier alpha value is -9.58. The van der Waals surface area contributed by atoms with Gasteiger partial charge in [-0.2, -0.15) is 0 Å². The molecule has 4 heteroatoms. The molecule has 12 aromatic carbocycles. The average Bonchev–Trinajstić information content (AvgIpc) is 1.47. The van der Waals surface area contributed by atoms with Gasteiger partial charge in [0.1, 0.15) is 0 Å². The normalized spacial score (nSPS) is 14.6. The number of rotatable bonds is 6. The van der Waals surface area contributed by atoms with Crippen LogP contribution in [0.1, 0.15) is 97.2 Å². The van der Waals surface area contributed by atoms with E-state index in [-0.39, 0.29) is 10.8 Å². The second kappa shape index (κ2) is 18.5. The SMILES string of the molecule is CC(C)(C)c1ccc(N(c2ccc3c(c2)C2(C4=C3C3(c5cc(N(c6ccc(C(C)(C)C)cc6)c6cccc7c6sc6ccccc67)ccc54)c4ccccc4-c4ccccc43)c3ccccc3-c3ccccc32)c2cccc3c2sc2ccccc23)cc1. The molecule has 0 unspecified atom stereocenters. The molecule has 0 saturated carbocycles. The zero-order chi connectivity index (χ0) is 59.0. The average molecular weight is 1160 g/mol. The van der Waals surface area contributed by atoms with Gasteiger partial charge in [-0.3, -0.25) is 0 Å². The lowest BCUT2D eigenvalue weighted by Crippen LogP contribution is -2.29. The van der Waals surface area contributed by atoms with Crippen LogP contribution >= 0.6 is 22.7 Å². The van der Waals surface area contributed by atoms with Crippen LogP contribution in [0, 0.1) is 0 Å². The summed E-state index contributed by atoms with van der Waals surface area (Å²) in [5.74, 6) is 0. The minimum atomic E-state index is -0.698. The van der Waals surface area contributed by atoms with Gasteiger partial charge in [0.2, 0.25) is 0 Å². The number of anilines is 6. The van der Waals surface area contributed by atoms with E-state index in [9.17, 15) is 0 Å². The highest BCUT2D eigenvalue weighted by Gasteiger charge is 2.63. The molecule has 0 saturated heterocycles. The Bertz CT molecular complexity index is 4880. The van der Waals surface area contributed by atoms with Crippen LogP contribution in [0.3, 0.4) is 0 Å². The van der Waals surface area contributed by atoms with Crippen LogP contribution in [-0.2, 0) is 21.7 Å². The molecule has 420 valence electrons. The standard InChI is InChI=1S/C84H62N2S2/c1-81(2,3)51-37-41-53(42-38-51)85(73-33-19-27-63-61-25-11-17-35-75(61)87-79(63)73)55-45-47-65-71(49-55)83(67-29-13-7-21-57(67)58-22-8-14-30-68(58)83)78-66-48-46-56(50-72(66)84(77(65)78)69-31-15-9-23-59(69)60-24-10-16-32-70(60)84)86(54-43-39-52(40-44-54)82(4,5)6)74-34-20-28-64-62-26-12-18-36-76(62)88-80(64)74/h7-50H,1-6H3. The van der Waals surface area contributed by atoms with Gasteiger partial charge in [0.05, 0.1) is 31.6 Å². The topological polar surface area (TPSA) is 6.48 Å². The van der Waals surface area contributed by atoms with Gasteiger partial charge >= 0.3 is 0 Å². The lowest BCUT2D eigenvalue weighted by molar-refractivity contribution is 0.590. The molecule has 18 rings (SSSR count). The van der Waals surface area contributed by atoms with E-state index in [1.54, 1.807) is 0 Å². The van der Waals surface area contributed by atoms with E-state index in [1.807, 2.05) is 22.7 Å². The van der Waals surface area contributed by atoms with Crippen molar-refractivity contribution < 1.29 is 0 Å². The molecule has 0 atom stereocenters. The van der Waals surface area contributed by atoms with Crippen molar-refractivity contribution in [1.29, 1.82) is 0 Å². The van der Waals surface area contributed by atoms with Gasteiger partial charge < -0.3 is 9.80 Å². The zero-order valence-corrected chi connectivity index (χ0v) is 51.7. The highest BCUT2D eigenvalue weighted by molar-refractivity contribution is 7.26. The van der Waals surface area contributed by atoms with Crippen molar-refractivity contribution in [2.75, 3.05) is 9.80 Å². The molecule has 14 aromatic rings. The van der Waals surface area contributed by atoms with Gasteiger partial charge in [-0.15, -0.1) is 22.7 Å². The number of nitrogens with zero attached hydrogens (tertiary/aromatic N) is 2. The van der Waals surface area contributed by atoms with Crippen LogP contribution in [0.5, 0.6) is 0 Å². The van der Waals surface area contributed by atoms with E-state index >= 15 is 0 Å². The second-order valence-corrected chi connectivity index (χ2v) is 28.8. The fourth-order valence-corrected chi connectivity index (χ4v) is 18.6. The molecule has 4 aliphatic rings. The van der Waals surface area contributed by atoms with Gasteiger partial charge in [-0.1, -0.05) is 236 Å². The molecular formula is C84H62N2S2. The number of allylic oxidation sites excluding steroid dienone is 2. The first kappa shape index (κ1) is 51.6. The summed E-state index contributed by atoms with van der Waals surface area (Å²) in [4.78, 5) is 5.12. The summed E-state index contributed by atoms with van der Waals surface area (Å²) in [7, 11) is 0. The Labute approximate surface area is 522 Å². The van der Waals surface area contributed by atoms with Crippen molar-refractivity contribution >= 4 is 108 Å². The molecule has 88 heavy (non-hydrogen) atoms. The zero-order valence-electron chi connectivity index (χ0n) is 50.1. The number of benzene rings is 12. The molecule has 2 heterocycles. The predicted molar refractivity (Wildman–Crippen MR) is 376 cm³/mol. The maximum absolute atomic E-state index is 2.61. The summed E-state index contributed by atoms with van der Waals surface area (Å²) < 4.78 is 5.15. The highest BCUT2D eigenvalue weighted by Crippen LogP contribution is 2.75. The lowest BCUT2D eigenvalue weighted by Gasteiger charge is -2.36. The molecule has 2 nitrogen and oxygen atoms in total. The van der Waals surface area contributed by atoms with Crippen molar-refractivity contribution in [3.63, 3.8) is 0 Å². The number of fused-ring (bicyclic) bond motifs is 24. The molecule has 4 aliphatic carbocycles. The first-order valence-electron chi connectivity index (χ1n) is 31.0. The summed E-state index contributed by atoms with van der Waals surface area (Å²) >= 11 is 3.79. The van der Waals surface area contributed by atoms with Crippen molar-refractivity contribution in [3.8, 4) is 22.3 Å². The Morgan fingerprint density at radius 2 is 0.591 bits per heavy atom. The summed E-state index contributed by atoms with van der Waals surface area (Å²) in [5.41, 5.74) is 26.6. The maximum atomic E-state index is 2.61. The molecule has 0 bridgehead atoms. The van der Waals surface area contributed by atoms with Crippen molar-refractivity contribution in [1.82, 2.24) is 0 Å². The lowest BCUT2D eigenvalue weighted by atomic mass is 9.66. The van der Waals surface area contributed by atoms with Gasteiger partial charge in [0.15, 0.2) is 0 Å². The Morgan fingerprint density at radius 1 is 0.273 bits per heavy atom. The Morgan fingerprint density at radius 3 is 0.955 bits per heavy atom. The first-order valence-corrected chi connectivity index (χ1v) is 32.6. The van der Waals surface area contributed by atoms with E-state index in [4.69, 9.17) is 0 Å². The number of thiophene rings is 2. The summed E-state index contributed by atoms with van der Waals surface area (Å²) in [5, 5.41) is 5.15. The van der Waals surface area contributed by atoms with Crippen LogP contribution < -0.4 is 9.80 Å². The monoisotopic (exact) mass is 1160 g/mol. The summed E-state index contributed by atoms with van der Waals surface area (Å²) in [6.45, 7) is 13.8. The molecular weight excluding hydrogens is 1100 g/mol. The molecule has 0 fully saturated rings. The third-order valence-electron chi connectivity index (χ3n) is 20.0. The highest BCUT2D eigenvalue weighted by atomic mass is 32.1. The summed E-state index contributed by atoms with van der Waals surface area (Å²) in [6.07, 6.45) is 0. The van der Waals surface area contributed by atoms with Gasteiger partial charge in [-0.05, 0) is 173 Å². The molecule has 2 spiro atoms. The Kier molecular flexibility index (Phi) is 10.8. The Balaban J connectivity index is 0.943. The van der Waals surface area contributed by atoms with Crippen LogP contribution in [-0.4, -0.2) is 0 Å². The third kappa shape index (κ3) is 6.93. The van der Waals surface area contributed by atoms with Crippen molar-refractivity contribution in [2.45, 2.75) is 63.2 Å². The fourth-order valence-electron chi connectivity index (χ4n) is 16.2. The van der Waals surface area contributed by atoms with Crippen LogP contribution in [0.2, 0.25) is 0 Å². The van der Waals surface area contributed by atoms with Crippen LogP contribution in [0.4, 0.5) is 34.1 Å². The smallest absolute Gasteiger partial charge is 0.0729 e. The van der Waals surface area contributed by atoms with Crippen molar-refractivity contribution in [2.24, 2.45) is 0 Å². The van der Waals surface area contributed by atoms with Crippen LogP contribution in [0.25, 0.3) is 73.7 Å². The van der Waals surface area contributed by atoms with Gasteiger partial charge in [0, 0.05) is 53.7 Å². The van der Waals surface area contributed by atoms with Gasteiger partial charge in [0.25, 0.3) is 0 Å². The minimum absolute atomic E-state index is 0.00199. The molecule has 0 aliphatic heterocycles. The number of hydrogen-bond acceptors (Lipinski definition) is 4. The minimum Gasteiger partial charge on any atom is -0.309 e. The molecule has 0 N–H and O–H groups in total. The van der Waals surface area contributed by atoms with E-state index < -0.39 is 10.8 Å². The second-order valence-electron chi connectivity index (χ2n) is 26.7. The first-order chi connectivity index (χ1) is 42.9. The van der Waals surface area contributed by atoms with E-state index in [0.717, 1.165) is 22.7 Å². The number of hydrogen-bond donors (Lipinski definition) is 0. The van der Waals surface area contributed by atoms with E-state index in [2.05, 4.69) is 318 Å². The predicted octanol–water partition coefficient (Wildman–Crippen LogP) is 23.5. The van der Waals surface area contributed by atoms with E-state index in [0.29, 0.717) is 0 Å². The third-order valence-corrected chi connectivity index (χ3v) is 22.4. The largest absolute Gasteiger partial charge is 0.309 e. The van der Waals surface area contributed by atoms with E-state index in [1.165, 1.54) is 141 Å². The quantitative estimate of drug-likeness (QED) is 0.164. The van der Waals surface area contributed by atoms with Gasteiger partial charge in [-0.25, -0.2) is 0 Å². The van der Waals surface area contributed by atoms with Crippen LogP contribution in [0.15, 0.2) is 267 Å². The van der Waals surface area contributed by atoms with Crippen molar-refractivity contribution in [3.05, 3.63) is 323 Å². The maximum Gasteiger partial charge on any atom is 0.0729 e. The molecule has 0 radical (unpaired) electrons. The molecule has 2 aromatic heterocycles. The molecule has 0 amide bonds.